The van der Waals surface area contributed by atoms with E-state index in [0.29, 0.717) is 5.69 Å². The molecule has 0 radical (unpaired) electrons. The van der Waals surface area contributed by atoms with Crippen molar-refractivity contribution in [3.8, 4) is 11.4 Å². The van der Waals surface area contributed by atoms with E-state index in [9.17, 15) is 5.11 Å². The number of fused-ring (bicyclic) bond motifs is 1. The van der Waals surface area contributed by atoms with Crippen LogP contribution in [0.25, 0.3) is 16.7 Å². The predicted molar refractivity (Wildman–Crippen MR) is 116 cm³/mol. The van der Waals surface area contributed by atoms with Gasteiger partial charge in [-0.2, -0.15) is 0 Å². The molecule has 0 aliphatic heterocycles. The molecule has 0 aliphatic carbocycles. The monoisotopic (exact) mass is 379 g/mol. The Hall–Kier alpha value is -2.36. The summed E-state index contributed by atoms with van der Waals surface area (Å²) in [4.78, 5) is 1.55. The summed E-state index contributed by atoms with van der Waals surface area (Å²) < 4.78 is 0. The second kappa shape index (κ2) is 10.3. The first kappa shape index (κ1) is 20.4. The molecule has 0 saturated carbocycles. The number of aryl methyl sites for hydroxylation is 2. The molecule has 0 saturated heterocycles. The summed E-state index contributed by atoms with van der Waals surface area (Å²) in [6, 6.07) is 12.1. The smallest absolute Gasteiger partial charge is 0.143 e. The number of aromatic nitrogens is 3. The van der Waals surface area contributed by atoms with Crippen LogP contribution in [0.1, 0.15) is 76.3 Å². The number of benzene rings is 2. The fourth-order valence-electron chi connectivity index (χ4n) is 3.69. The summed E-state index contributed by atoms with van der Waals surface area (Å²) in [6.45, 7) is 4.42. The highest BCUT2D eigenvalue weighted by molar-refractivity contribution is 5.74. The lowest BCUT2D eigenvalue weighted by Crippen LogP contribution is -1.99. The summed E-state index contributed by atoms with van der Waals surface area (Å²) in [5.41, 5.74) is 4.81. The van der Waals surface area contributed by atoms with E-state index in [-0.39, 0.29) is 5.75 Å². The minimum Gasteiger partial charge on any atom is -0.506 e. The number of aromatic hydroxyl groups is 1. The van der Waals surface area contributed by atoms with Gasteiger partial charge in [0.2, 0.25) is 0 Å². The third-order valence-electron chi connectivity index (χ3n) is 5.31. The number of hydrogen-bond acceptors (Lipinski definition) is 3. The van der Waals surface area contributed by atoms with Crippen molar-refractivity contribution in [3.63, 3.8) is 0 Å². The van der Waals surface area contributed by atoms with Crippen LogP contribution in [0.4, 0.5) is 0 Å². The molecule has 3 aromatic rings. The Morgan fingerprint density at radius 3 is 2.14 bits per heavy atom. The molecule has 4 nitrogen and oxygen atoms in total. The molecule has 2 aromatic carbocycles. The van der Waals surface area contributed by atoms with Crippen LogP contribution in [0.15, 0.2) is 36.4 Å². The van der Waals surface area contributed by atoms with Crippen molar-refractivity contribution in [3.05, 3.63) is 47.5 Å². The maximum atomic E-state index is 10.5. The van der Waals surface area contributed by atoms with E-state index in [2.05, 4.69) is 42.2 Å². The first-order chi connectivity index (χ1) is 13.7. The number of hydrogen-bond donors (Lipinski definition) is 1. The molecule has 0 bridgehead atoms. The number of nitrogens with zero attached hydrogens (tertiary/aromatic N) is 3. The minimum atomic E-state index is 0.245. The van der Waals surface area contributed by atoms with Crippen molar-refractivity contribution in [2.45, 2.75) is 78.1 Å². The molecule has 0 unspecified atom stereocenters. The molecule has 0 amide bonds. The van der Waals surface area contributed by atoms with Gasteiger partial charge in [0.15, 0.2) is 0 Å². The largest absolute Gasteiger partial charge is 0.506 e. The average Bonchev–Trinajstić information content (AvgIpc) is 3.10. The molecule has 0 aliphatic rings. The normalized spacial score (nSPS) is 11.4. The van der Waals surface area contributed by atoms with E-state index in [4.69, 9.17) is 0 Å². The maximum absolute atomic E-state index is 10.5. The molecule has 1 N–H and O–H groups in total. The van der Waals surface area contributed by atoms with Gasteiger partial charge in [0.1, 0.15) is 22.5 Å². The topological polar surface area (TPSA) is 50.9 Å². The quantitative estimate of drug-likeness (QED) is 0.394. The highest BCUT2D eigenvalue weighted by Gasteiger charge is 2.10. The van der Waals surface area contributed by atoms with E-state index in [1.54, 1.807) is 4.80 Å². The van der Waals surface area contributed by atoms with Crippen LogP contribution in [-0.4, -0.2) is 20.1 Å². The highest BCUT2D eigenvalue weighted by atomic mass is 16.3. The molecule has 3 rings (SSSR count). The molecular weight excluding hydrogens is 346 g/mol. The minimum absolute atomic E-state index is 0.245. The van der Waals surface area contributed by atoms with Crippen LogP contribution in [0, 0.1) is 0 Å². The zero-order chi connectivity index (χ0) is 19.8. The summed E-state index contributed by atoms with van der Waals surface area (Å²) in [7, 11) is 0. The predicted octanol–water partition coefficient (Wildman–Crippen LogP) is 6.37. The van der Waals surface area contributed by atoms with Gasteiger partial charge >= 0.3 is 0 Å². The zero-order valence-corrected chi connectivity index (χ0v) is 17.3. The van der Waals surface area contributed by atoms with E-state index < -0.39 is 0 Å². The van der Waals surface area contributed by atoms with Crippen LogP contribution in [0.3, 0.4) is 0 Å². The average molecular weight is 380 g/mol. The number of phenols is 1. The van der Waals surface area contributed by atoms with E-state index in [1.165, 1.54) is 56.1 Å². The number of phenolic OH excluding ortho intramolecular Hbond substituents is 1. The van der Waals surface area contributed by atoms with Crippen LogP contribution < -0.4 is 0 Å². The zero-order valence-electron chi connectivity index (χ0n) is 17.3. The van der Waals surface area contributed by atoms with Crippen molar-refractivity contribution in [2.24, 2.45) is 0 Å². The molecule has 0 spiro atoms. The number of rotatable bonds is 11. The van der Waals surface area contributed by atoms with Crippen LogP contribution in [0.2, 0.25) is 0 Å². The van der Waals surface area contributed by atoms with E-state index in [0.717, 1.165) is 30.3 Å². The highest BCUT2D eigenvalue weighted by Crippen LogP contribution is 2.24. The Bertz CT molecular complexity index is 885. The Kier molecular flexibility index (Phi) is 7.46. The molecule has 1 aromatic heterocycles. The summed E-state index contributed by atoms with van der Waals surface area (Å²) in [5.74, 6) is 0.245. The fourth-order valence-corrected chi connectivity index (χ4v) is 3.69. The molecule has 0 atom stereocenters. The summed E-state index contributed by atoms with van der Waals surface area (Å²) in [6.07, 6.45) is 12.3. The lowest BCUT2D eigenvalue weighted by atomic mass is 10.0. The summed E-state index contributed by atoms with van der Waals surface area (Å²) >= 11 is 0. The van der Waals surface area contributed by atoms with Crippen molar-refractivity contribution in [2.75, 3.05) is 0 Å². The fraction of sp³-hybridized carbons (Fsp3) is 0.500. The molecular formula is C24H33N3O. The second-order valence-electron chi connectivity index (χ2n) is 7.76. The first-order valence-corrected chi connectivity index (χ1v) is 10.9. The number of unbranched alkanes of at least 4 members (excludes halogenated alkanes) is 6. The Balaban J connectivity index is 1.61. The van der Waals surface area contributed by atoms with Crippen LogP contribution >= 0.6 is 0 Å². The lowest BCUT2D eigenvalue weighted by Gasteiger charge is -2.07. The van der Waals surface area contributed by atoms with Gasteiger partial charge in [0.05, 0.1) is 0 Å². The first-order valence-electron chi connectivity index (χ1n) is 10.9. The SMILES string of the molecule is CCCCCCCCCc1ccc(-n2nc3ccc(CCC)cc3n2)c(O)c1. The van der Waals surface area contributed by atoms with Gasteiger partial charge in [-0.15, -0.1) is 15.0 Å². The second-order valence-corrected chi connectivity index (χ2v) is 7.76. The van der Waals surface area contributed by atoms with E-state index in [1.807, 2.05) is 18.2 Å². The lowest BCUT2D eigenvalue weighted by molar-refractivity contribution is 0.466. The van der Waals surface area contributed by atoms with E-state index >= 15 is 0 Å². The third-order valence-corrected chi connectivity index (χ3v) is 5.31. The molecule has 4 heteroatoms. The standard InChI is InChI=1S/C24H33N3O/c1-3-5-6-7-8-9-10-12-20-14-16-23(24(28)18-20)27-25-21-15-13-19(11-4-2)17-22(21)26-27/h13-18,28H,3-12H2,1-2H3. The van der Waals surface area contributed by atoms with Crippen molar-refractivity contribution >= 4 is 11.0 Å². The Morgan fingerprint density at radius 2 is 1.39 bits per heavy atom. The maximum Gasteiger partial charge on any atom is 0.143 e. The van der Waals surface area contributed by atoms with Crippen LogP contribution in [-0.2, 0) is 12.8 Å². The third kappa shape index (κ3) is 5.34. The molecule has 28 heavy (non-hydrogen) atoms. The van der Waals surface area contributed by atoms with Gasteiger partial charge < -0.3 is 5.11 Å². The van der Waals surface area contributed by atoms with Gasteiger partial charge in [-0.05, 0) is 54.7 Å². The molecule has 1 heterocycles. The molecule has 0 fully saturated rings. The van der Waals surface area contributed by atoms with Gasteiger partial charge in [-0.1, -0.05) is 70.9 Å². The van der Waals surface area contributed by atoms with Gasteiger partial charge in [-0.3, -0.25) is 0 Å². The Labute approximate surface area is 168 Å². The van der Waals surface area contributed by atoms with Gasteiger partial charge in [-0.25, -0.2) is 0 Å². The van der Waals surface area contributed by atoms with Gasteiger partial charge in [0.25, 0.3) is 0 Å². The molecule has 150 valence electrons. The summed E-state index contributed by atoms with van der Waals surface area (Å²) in [5, 5.41) is 19.6. The van der Waals surface area contributed by atoms with Crippen molar-refractivity contribution in [1.82, 2.24) is 15.0 Å². The van der Waals surface area contributed by atoms with Crippen LogP contribution in [0.5, 0.6) is 5.75 Å². The van der Waals surface area contributed by atoms with Gasteiger partial charge in [0, 0.05) is 0 Å². The van der Waals surface area contributed by atoms with Crippen molar-refractivity contribution < 1.29 is 5.11 Å². The van der Waals surface area contributed by atoms with Crippen molar-refractivity contribution in [1.29, 1.82) is 0 Å². The Morgan fingerprint density at radius 1 is 0.714 bits per heavy atom.